The van der Waals surface area contributed by atoms with Crippen LogP contribution in [0.15, 0.2) is 18.2 Å². The Bertz CT molecular complexity index is 473. The van der Waals surface area contributed by atoms with Gasteiger partial charge in [0.25, 0.3) is 0 Å². The highest BCUT2D eigenvalue weighted by atomic mass is 16.7. The second kappa shape index (κ2) is 6.61. The van der Waals surface area contributed by atoms with Gasteiger partial charge in [-0.2, -0.15) is 0 Å². The Balaban J connectivity index is 1.95. The Morgan fingerprint density at radius 1 is 1.35 bits per heavy atom. The van der Waals surface area contributed by atoms with E-state index in [1.165, 1.54) is 0 Å². The van der Waals surface area contributed by atoms with E-state index >= 15 is 0 Å². The van der Waals surface area contributed by atoms with Crippen molar-refractivity contribution in [2.75, 3.05) is 13.3 Å². The normalized spacial score (nSPS) is 13.2. The van der Waals surface area contributed by atoms with Gasteiger partial charge >= 0.3 is 5.97 Å². The van der Waals surface area contributed by atoms with Crippen molar-refractivity contribution < 1.29 is 19.4 Å². The Labute approximate surface area is 119 Å². The largest absolute Gasteiger partial charge is 0.481 e. The van der Waals surface area contributed by atoms with Gasteiger partial charge in [0.1, 0.15) is 0 Å². The van der Waals surface area contributed by atoms with Crippen molar-refractivity contribution in [2.45, 2.75) is 39.3 Å². The molecule has 5 heteroatoms. The molecule has 0 aromatic heterocycles. The van der Waals surface area contributed by atoms with Crippen molar-refractivity contribution in [3.63, 3.8) is 0 Å². The summed E-state index contributed by atoms with van der Waals surface area (Å²) in [6.45, 7) is 6.08. The van der Waals surface area contributed by atoms with Crippen LogP contribution in [0.5, 0.6) is 11.5 Å². The highest BCUT2D eigenvalue weighted by molar-refractivity contribution is 5.66. The van der Waals surface area contributed by atoms with Crippen LogP contribution in [0.25, 0.3) is 0 Å². The number of hydrogen-bond acceptors (Lipinski definition) is 4. The van der Waals surface area contributed by atoms with E-state index < -0.39 is 5.97 Å². The van der Waals surface area contributed by atoms with E-state index in [2.05, 4.69) is 18.7 Å². The Kier molecular flexibility index (Phi) is 4.84. The van der Waals surface area contributed by atoms with Crippen molar-refractivity contribution in [3.05, 3.63) is 23.8 Å². The van der Waals surface area contributed by atoms with Gasteiger partial charge in [-0.25, -0.2) is 0 Å². The summed E-state index contributed by atoms with van der Waals surface area (Å²) >= 11 is 0. The van der Waals surface area contributed by atoms with Crippen molar-refractivity contribution in [1.82, 2.24) is 4.90 Å². The number of carboxylic acids is 1. The minimum atomic E-state index is -0.739. The lowest BCUT2D eigenvalue weighted by molar-refractivity contribution is -0.137. The maximum atomic E-state index is 10.6. The summed E-state index contributed by atoms with van der Waals surface area (Å²) in [6.07, 6.45) is 0.877. The van der Waals surface area contributed by atoms with Crippen LogP contribution in [0.3, 0.4) is 0 Å². The molecule has 1 aliphatic rings. The third kappa shape index (κ3) is 3.87. The molecule has 1 aromatic rings. The molecular weight excluding hydrogens is 258 g/mol. The summed E-state index contributed by atoms with van der Waals surface area (Å²) in [7, 11) is 0. The zero-order valence-electron chi connectivity index (χ0n) is 12.0. The minimum Gasteiger partial charge on any atom is -0.481 e. The number of fused-ring (bicyclic) bond motifs is 1. The maximum Gasteiger partial charge on any atom is 0.303 e. The number of nitrogens with zero attached hydrogens (tertiary/aromatic N) is 1. The van der Waals surface area contributed by atoms with Gasteiger partial charge in [0.05, 0.1) is 0 Å². The summed E-state index contributed by atoms with van der Waals surface area (Å²) in [6, 6.07) is 6.32. The zero-order chi connectivity index (χ0) is 14.5. The van der Waals surface area contributed by atoms with Gasteiger partial charge in [-0.3, -0.25) is 9.69 Å². The molecule has 0 aliphatic carbocycles. The standard InChI is InChI=1S/C15H21NO4/c1-11(2)16(7-3-4-15(17)18)9-12-5-6-13-14(8-12)20-10-19-13/h5-6,8,11H,3-4,7,9-10H2,1-2H3,(H,17,18). The third-order valence-corrected chi connectivity index (χ3v) is 3.39. The molecule has 1 N–H and O–H groups in total. The van der Waals surface area contributed by atoms with Gasteiger partial charge in [0.2, 0.25) is 6.79 Å². The third-order valence-electron chi connectivity index (χ3n) is 3.39. The quantitative estimate of drug-likeness (QED) is 0.831. The van der Waals surface area contributed by atoms with Gasteiger partial charge in [-0.1, -0.05) is 6.07 Å². The van der Waals surface area contributed by atoms with E-state index in [0.29, 0.717) is 12.5 Å². The lowest BCUT2D eigenvalue weighted by Crippen LogP contribution is -2.31. The molecule has 20 heavy (non-hydrogen) atoms. The molecule has 5 nitrogen and oxygen atoms in total. The lowest BCUT2D eigenvalue weighted by atomic mass is 10.1. The molecule has 0 radical (unpaired) electrons. The average Bonchev–Trinajstić information content (AvgIpc) is 2.84. The van der Waals surface area contributed by atoms with Crippen LogP contribution < -0.4 is 9.47 Å². The van der Waals surface area contributed by atoms with Crippen molar-refractivity contribution in [3.8, 4) is 11.5 Å². The van der Waals surface area contributed by atoms with Crippen LogP contribution in [0, 0.1) is 0 Å². The Morgan fingerprint density at radius 3 is 2.80 bits per heavy atom. The van der Waals surface area contributed by atoms with Crippen LogP contribution in [-0.2, 0) is 11.3 Å². The first-order valence-corrected chi connectivity index (χ1v) is 6.90. The number of carbonyl (C=O) groups is 1. The van der Waals surface area contributed by atoms with Gasteiger partial charge in [-0.05, 0) is 44.5 Å². The van der Waals surface area contributed by atoms with E-state index in [-0.39, 0.29) is 13.2 Å². The first-order chi connectivity index (χ1) is 9.56. The summed E-state index contributed by atoms with van der Waals surface area (Å²) in [5.41, 5.74) is 1.15. The average molecular weight is 279 g/mol. The number of benzene rings is 1. The second-order valence-electron chi connectivity index (χ2n) is 5.25. The summed E-state index contributed by atoms with van der Waals surface area (Å²) in [4.78, 5) is 12.9. The number of carboxylic acid groups (broad SMARTS) is 1. The predicted molar refractivity (Wildman–Crippen MR) is 75.0 cm³/mol. The van der Waals surface area contributed by atoms with Crippen LogP contribution in [-0.4, -0.2) is 35.4 Å². The number of hydrogen-bond donors (Lipinski definition) is 1. The van der Waals surface area contributed by atoms with Crippen molar-refractivity contribution in [1.29, 1.82) is 0 Å². The maximum absolute atomic E-state index is 10.6. The SMILES string of the molecule is CC(C)N(CCCC(=O)O)Cc1ccc2c(c1)OCO2. The Morgan fingerprint density at radius 2 is 2.10 bits per heavy atom. The van der Waals surface area contributed by atoms with Gasteiger partial charge in [0, 0.05) is 19.0 Å². The molecule has 0 unspecified atom stereocenters. The highest BCUT2D eigenvalue weighted by Crippen LogP contribution is 2.32. The smallest absolute Gasteiger partial charge is 0.303 e. The highest BCUT2D eigenvalue weighted by Gasteiger charge is 2.16. The molecule has 110 valence electrons. The minimum absolute atomic E-state index is 0.213. The molecule has 1 heterocycles. The first kappa shape index (κ1) is 14.7. The number of ether oxygens (including phenoxy) is 2. The fraction of sp³-hybridized carbons (Fsp3) is 0.533. The van der Waals surface area contributed by atoms with Crippen molar-refractivity contribution in [2.24, 2.45) is 0 Å². The lowest BCUT2D eigenvalue weighted by Gasteiger charge is -2.26. The summed E-state index contributed by atoms with van der Waals surface area (Å²) in [5, 5.41) is 8.71. The van der Waals surface area contributed by atoms with E-state index in [0.717, 1.165) is 30.2 Å². The summed E-state index contributed by atoms with van der Waals surface area (Å²) < 4.78 is 10.7. The molecular formula is C15H21NO4. The molecule has 0 spiro atoms. The second-order valence-corrected chi connectivity index (χ2v) is 5.25. The molecule has 0 bridgehead atoms. The molecule has 1 aliphatic heterocycles. The monoisotopic (exact) mass is 279 g/mol. The van der Waals surface area contributed by atoms with Gasteiger partial charge in [0.15, 0.2) is 11.5 Å². The molecule has 0 fully saturated rings. The summed E-state index contributed by atoms with van der Waals surface area (Å²) in [5.74, 6) is 0.837. The molecule has 0 saturated carbocycles. The van der Waals surface area contributed by atoms with Gasteiger partial charge in [-0.15, -0.1) is 0 Å². The van der Waals surface area contributed by atoms with E-state index in [9.17, 15) is 4.79 Å². The number of aliphatic carboxylic acids is 1. The van der Waals surface area contributed by atoms with Crippen molar-refractivity contribution >= 4 is 5.97 Å². The predicted octanol–water partition coefficient (Wildman–Crippen LogP) is 2.49. The topological polar surface area (TPSA) is 59.0 Å². The van der Waals surface area contributed by atoms with Crippen LogP contribution in [0.1, 0.15) is 32.3 Å². The van der Waals surface area contributed by atoms with Gasteiger partial charge < -0.3 is 14.6 Å². The molecule has 0 atom stereocenters. The van der Waals surface area contributed by atoms with E-state index in [1.54, 1.807) is 0 Å². The molecule has 2 rings (SSSR count). The van der Waals surface area contributed by atoms with E-state index in [1.807, 2.05) is 18.2 Å². The molecule has 0 amide bonds. The van der Waals surface area contributed by atoms with E-state index in [4.69, 9.17) is 14.6 Å². The van der Waals surface area contributed by atoms with Crippen LogP contribution in [0.2, 0.25) is 0 Å². The fourth-order valence-corrected chi connectivity index (χ4v) is 2.23. The molecule has 0 saturated heterocycles. The molecule has 1 aromatic carbocycles. The zero-order valence-corrected chi connectivity index (χ0v) is 12.0. The Hall–Kier alpha value is -1.75. The first-order valence-electron chi connectivity index (χ1n) is 6.90. The van der Waals surface area contributed by atoms with Crippen LogP contribution >= 0.6 is 0 Å². The van der Waals surface area contributed by atoms with Crippen LogP contribution in [0.4, 0.5) is 0 Å². The number of rotatable bonds is 7. The fourth-order valence-electron chi connectivity index (χ4n) is 2.23.